The minimum atomic E-state index is -0.649. The Bertz CT molecular complexity index is 612. The molecule has 2 aromatic rings. The van der Waals surface area contributed by atoms with E-state index in [0.29, 0.717) is 5.69 Å². The molecular weight excluding hydrogens is 266 g/mol. The Labute approximate surface area is 114 Å². The van der Waals surface area contributed by atoms with Crippen molar-refractivity contribution in [1.29, 1.82) is 0 Å². The highest BCUT2D eigenvalue weighted by Crippen LogP contribution is 2.24. The normalized spacial score (nSPS) is 10.1. The van der Waals surface area contributed by atoms with Crippen LogP contribution in [-0.2, 0) is 4.79 Å². The van der Waals surface area contributed by atoms with Gasteiger partial charge < -0.3 is 15.8 Å². The monoisotopic (exact) mass is 278 g/mol. The number of hydrogen-bond acceptors (Lipinski definition) is 3. The Balaban J connectivity index is 1.96. The molecule has 3 N–H and O–H groups in total. The van der Waals surface area contributed by atoms with Crippen LogP contribution in [0.3, 0.4) is 0 Å². The van der Waals surface area contributed by atoms with Crippen LogP contribution in [0.15, 0.2) is 42.5 Å². The third kappa shape index (κ3) is 3.44. The van der Waals surface area contributed by atoms with Gasteiger partial charge in [0.1, 0.15) is 5.82 Å². The van der Waals surface area contributed by atoms with E-state index in [4.69, 9.17) is 10.5 Å². The van der Waals surface area contributed by atoms with Crippen molar-refractivity contribution in [2.24, 2.45) is 0 Å². The Hall–Kier alpha value is -2.63. The maximum atomic E-state index is 13.4. The van der Waals surface area contributed by atoms with Crippen molar-refractivity contribution in [3.05, 3.63) is 54.1 Å². The van der Waals surface area contributed by atoms with Crippen molar-refractivity contribution in [3.8, 4) is 5.75 Å². The SMILES string of the molecule is Nc1cccc(F)c1OCC(=O)Nc1cccc(F)c1. The number of hydrogen-bond donors (Lipinski definition) is 2. The van der Waals surface area contributed by atoms with Crippen LogP contribution in [0.5, 0.6) is 5.75 Å². The molecule has 4 nitrogen and oxygen atoms in total. The number of carbonyl (C=O) groups excluding carboxylic acids is 1. The molecule has 6 heteroatoms. The van der Waals surface area contributed by atoms with Gasteiger partial charge >= 0.3 is 0 Å². The van der Waals surface area contributed by atoms with Crippen LogP contribution >= 0.6 is 0 Å². The molecule has 0 fully saturated rings. The van der Waals surface area contributed by atoms with Gasteiger partial charge in [-0.25, -0.2) is 8.78 Å². The second-order valence-corrected chi connectivity index (χ2v) is 4.01. The Morgan fingerprint density at radius 1 is 1.20 bits per heavy atom. The summed E-state index contributed by atoms with van der Waals surface area (Å²) in [7, 11) is 0. The van der Waals surface area contributed by atoms with Crippen molar-refractivity contribution < 1.29 is 18.3 Å². The molecule has 0 heterocycles. The number of nitrogens with one attached hydrogen (secondary N) is 1. The highest BCUT2D eigenvalue weighted by Gasteiger charge is 2.10. The van der Waals surface area contributed by atoms with Gasteiger partial charge in [-0.05, 0) is 30.3 Å². The van der Waals surface area contributed by atoms with Gasteiger partial charge in [0.05, 0.1) is 5.69 Å². The van der Waals surface area contributed by atoms with Crippen LogP contribution < -0.4 is 15.8 Å². The van der Waals surface area contributed by atoms with Gasteiger partial charge in [-0.1, -0.05) is 12.1 Å². The number of carbonyl (C=O) groups is 1. The van der Waals surface area contributed by atoms with Crippen LogP contribution in [0.2, 0.25) is 0 Å². The number of benzene rings is 2. The fourth-order valence-corrected chi connectivity index (χ4v) is 1.58. The summed E-state index contributed by atoms with van der Waals surface area (Å²) in [6, 6.07) is 9.48. The molecule has 0 radical (unpaired) electrons. The van der Waals surface area contributed by atoms with Gasteiger partial charge in [0, 0.05) is 5.69 Å². The average molecular weight is 278 g/mol. The van der Waals surface area contributed by atoms with Crippen LogP contribution in [0.4, 0.5) is 20.2 Å². The fourth-order valence-electron chi connectivity index (χ4n) is 1.58. The zero-order valence-corrected chi connectivity index (χ0v) is 10.4. The topological polar surface area (TPSA) is 64.3 Å². The van der Waals surface area contributed by atoms with E-state index >= 15 is 0 Å². The quantitative estimate of drug-likeness (QED) is 0.845. The van der Waals surface area contributed by atoms with Crippen LogP contribution in [0.25, 0.3) is 0 Å². The summed E-state index contributed by atoms with van der Waals surface area (Å²) in [6.45, 7) is -0.429. The second kappa shape index (κ2) is 6.01. The summed E-state index contributed by atoms with van der Waals surface area (Å²) >= 11 is 0. The number of nitrogens with two attached hydrogens (primary N) is 1. The summed E-state index contributed by atoms with van der Waals surface area (Å²) in [5.41, 5.74) is 5.93. The van der Waals surface area contributed by atoms with Gasteiger partial charge in [-0.15, -0.1) is 0 Å². The molecule has 0 saturated heterocycles. The second-order valence-electron chi connectivity index (χ2n) is 4.01. The molecule has 1 amide bonds. The Morgan fingerprint density at radius 3 is 2.65 bits per heavy atom. The van der Waals surface area contributed by atoms with Gasteiger partial charge in [0.25, 0.3) is 5.91 Å². The van der Waals surface area contributed by atoms with Crippen LogP contribution in [0, 0.1) is 11.6 Å². The first-order chi connectivity index (χ1) is 9.56. The molecule has 0 aliphatic heterocycles. The number of nitrogen functional groups attached to an aromatic ring is 1. The van der Waals surface area contributed by atoms with E-state index in [1.165, 1.54) is 36.4 Å². The van der Waals surface area contributed by atoms with E-state index < -0.39 is 24.1 Å². The number of ether oxygens (including phenoxy) is 1. The average Bonchev–Trinajstić information content (AvgIpc) is 2.38. The molecule has 0 aliphatic carbocycles. The van der Waals surface area contributed by atoms with E-state index in [-0.39, 0.29) is 11.4 Å². The van der Waals surface area contributed by atoms with E-state index in [2.05, 4.69) is 5.32 Å². The van der Waals surface area contributed by atoms with Gasteiger partial charge in [-0.3, -0.25) is 4.79 Å². The lowest BCUT2D eigenvalue weighted by Crippen LogP contribution is -2.20. The van der Waals surface area contributed by atoms with Crippen LogP contribution in [-0.4, -0.2) is 12.5 Å². The largest absolute Gasteiger partial charge is 0.479 e. The molecule has 0 spiro atoms. The lowest BCUT2D eigenvalue weighted by Gasteiger charge is -2.10. The summed E-state index contributed by atoms with van der Waals surface area (Å²) < 4.78 is 31.3. The minimum absolute atomic E-state index is 0.101. The number of para-hydroxylation sites is 1. The lowest BCUT2D eigenvalue weighted by atomic mass is 10.3. The van der Waals surface area contributed by atoms with Crippen molar-refractivity contribution in [3.63, 3.8) is 0 Å². The summed E-state index contributed by atoms with van der Waals surface area (Å²) in [5, 5.41) is 2.42. The summed E-state index contributed by atoms with van der Waals surface area (Å²) in [5.74, 6) is -1.84. The van der Waals surface area contributed by atoms with Crippen molar-refractivity contribution >= 4 is 17.3 Å². The zero-order valence-electron chi connectivity index (χ0n) is 10.4. The molecule has 2 rings (SSSR count). The molecule has 0 unspecified atom stereocenters. The maximum absolute atomic E-state index is 13.4. The predicted octanol–water partition coefficient (Wildman–Crippen LogP) is 2.56. The maximum Gasteiger partial charge on any atom is 0.262 e. The lowest BCUT2D eigenvalue weighted by molar-refractivity contribution is -0.118. The van der Waals surface area contributed by atoms with E-state index in [1.54, 1.807) is 0 Å². The Kier molecular flexibility index (Phi) is 4.14. The smallest absolute Gasteiger partial charge is 0.262 e. The first-order valence-corrected chi connectivity index (χ1v) is 5.78. The molecule has 0 aromatic heterocycles. The molecule has 20 heavy (non-hydrogen) atoms. The van der Waals surface area contributed by atoms with E-state index in [0.717, 1.165) is 6.07 Å². The van der Waals surface area contributed by atoms with Gasteiger partial charge in [-0.2, -0.15) is 0 Å². The highest BCUT2D eigenvalue weighted by atomic mass is 19.1. The fraction of sp³-hybridized carbons (Fsp3) is 0.0714. The molecule has 0 saturated carbocycles. The third-order valence-electron chi connectivity index (χ3n) is 2.45. The summed E-state index contributed by atoms with van der Waals surface area (Å²) in [4.78, 5) is 11.6. The van der Waals surface area contributed by atoms with Crippen molar-refractivity contribution in [1.82, 2.24) is 0 Å². The third-order valence-corrected chi connectivity index (χ3v) is 2.45. The molecule has 104 valence electrons. The molecule has 0 bridgehead atoms. The molecule has 0 aliphatic rings. The first-order valence-electron chi connectivity index (χ1n) is 5.78. The van der Waals surface area contributed by atoms with E-state index in [9.17, 15) is 13.6 Å². The predicted molar refractivity (Wildman–Crippen MR) is 71.3 cm³/mol. The zero-order chi connectivity index (χ0) is 14.5. The van der Waals surface area contributed by atoms with Gasteiger partial charge in [0.2, 0.25) is 0 Å². The number of anilines is 2. The number of rotatable bonds is 4. The van der Waals surface area contributed by atoms with Crippen molar-refractivity contribution in [2.75, 3.05) is 17.7 Å². The molecule has 0 atom stereocenters. The first kappa shape index (κ1) is 13.8. The number of halogens is 2. The number of amides is 1. The summed E-state index contributed by atoms with van der Waals surface area (Å²) in [6.07, 6.45) is 0. The molecular formula is C14H12F2N2O2. The van der Waals surface area contributed by atoms with Gasteiger partial charge in [0.15, 0.2) is 18.2 Å². The highest BCUT2D eigenvalue weighted by molar-refractivity contribution is 5.91. The standard InChI is InChI=1S/C14H12F2N2O2/c15-9-3-1-4-10(7-9)18-13(19)8-20-14-11(16)5-2-6-12(14)17/h1-7H,8,17H2,(H,18,19). The minimum Gasteiger partial charge on any atom is -0.479 e. The molecule has 2 aromatic carbocycles. The van der Waals surface area contributed by atoms with E-state index in [1.807, 2.05) is 0 Å². The van der Waals surface area contributed by atoms with Crippen molar-refractivity contribution in [2.45, 2.75) is 0 Å². The van der Waals surface area contributed by atoms with Crippen LogP contribution in [0.1, 0.15) is 0 Å². The Morgan fingerprint density at radius 2 is 1.95 bits per heavy atom.